The van der Waals surface area contributed by atoms with Crippen molar-refractivity contribution < 1.29 is 19.2 Å². The van der Waals surface area contributed by atoms with Crippen molar-refractivity contribution in [1.29, 1.82) is 0 Å². The lowest BCUT2D eigenvalue weighted by Crippen LogP contribution is -2.49. The van der Waals surface area contributed by atoms with Crippen LogP contribution in [0.4, 0.5) is 0 Å². The Kier molecular flexibility index (Phi) is 5.80. The molecule has 6 atom stereocenters. The molecular formula is C24H36N2O4. The van der Waals surface area contributed by atoms with E-state index in [1.807, 2.05) is 0 Å². The summed E-state index contributed by atoms with van der Waals surface area (Å²) in [6.45, 7) is 7.50. The highest BCUT2D eigenvalue weighted by molar-refractivity contribution is 6.05. The first kappa shape index (κ1) is 21.5. The third kappa shape index (κ3) is 3.60. The van der Waals surface area contributed by atoms with Gasteiger partial charge in [-0.2, -0.15) is 0 Å². The normalized spacial score (nSPS) is 41.3. The van der Waals surface area contributed by atoms with Gasteiger partial charge in [0.2, 0.25) is 23.6 Å². The smallest absolute Gasteiger partial charge is 0.233 e. The second-order valence-corrected chi connectivity index (χ2v) is 10.5. The van der Waals surface area contributed by atoms with Crippen molar-refractivity contribution in [3.63, 3.8) is 0 Å². The van der Waals surface area contributed by atoms with Crippen LogP contribution in [0.2, 0.25) is 0 Å². The summed E-state index contributed by atoms with van der Waals surface area (Å²) < 4.78 is 0. The number of carbonyl (C=O) groups is 4. The Hall–Kier alpha value is -1.72. The van der Waals surface area contributed by atoms with Gasteiger partial charge in [0.15, 0.2) is 0 Å². The Morgan fingerprint density at radius 1 is 0.767 bits per heavy atom. The summed E-state index contributed by atoms with van der Waals surface area (Å²) in [7, 11) is 0. The van der Waals surface area contributed by atoms with Crippen molar-refractivity contribution in [2.45, 2.75) is 91.1 Å². The Morgan fingerprint density at radius 2 is 1.20 bits per heavy atom. The van der Waals surface area contributed by atoms with E-state index in [9.17, 15) is 19.2 Å². The molecule has 4 rings (SSSR count). The first-order chi connectivity index (χ1) is 14.2. The Labute approximate surface area is 179 Å². The number of hydrogen-bond donors (Lipinski definition) is 0. The van der Waals surface area contributed by atoms with Crippen molar-refractivity contribution in [3.05, 3.63) is 0 Å². The molecule has 0 aromatic rings. The van der Waals surface area contributed by atoms with E-state index < -0.39 is 0 Å². The summed E-state index contributed by atoms with van der Waals surface area (Å²) in [5, 5.41) is 0. The second-order valence-electron chi connectivity index (χ2n) is 10.5. The van der Waals surface area contributed by atoms with E-state index in [1.54, 1.807) is 4.90 Å². The van der Waals surface area contributed by atoms with Crippen molar-refractivity contribution in [1.82, 2.24) is 9.80 Å². The van der Waals surface area contributed by atoms with Crippen LogP contribution in [-0.4, -0.2) is 45.5 Å². The van der Waals surface area contributed by atoms with Crippen LogP contribution in [0, 0.1) is 35.5 Å². The van der Waals surface area contributed by atoms with Crippen LogP contribution in [0.5, 0.6) is 0 Å². The maximum Gasteiger partial charge on any atom is 0.233 e. The lowest BCUT2D eigenvalue weighted by Gasteiger charge is -2.44. The summed E-state index contributed by atoms with van der Waals surface area (Å²) in [6.07, 6.45) is 6.82. The molecule has 4 fully saturated rings. The standard InChI is InChI=1S/C24H36N2O4/c1-13-9-17-11-21-22(12-18(17)10-14(13)2)24(30)26(23(21)29)20-7-5-19(6-8-20)25(15(3)27)16(4)28/h13-14,17-22H,5-12H2,1-4H3. The fourth-order valence-corrected chi connectivity index (χ4v) is 7.05. The molecule has 1 aliphatic heterocycles. The maximum atomic E-state index is 13.3. The highest BCUT2D eigenvalue weighted by atomic mass is 16.2. The minimum atomic E-state index is -0.226. The Morgan fingerprint density at radius 3 is 1.60 bits per heavy atom. The number of carbonyl (C=O) groups excluding carboxylic acids is 4. The molecule has 30 heavy (non-hydrogen) atoms. The molecule has 0 radical (unpaired) electrons. The first-order valence-corrected chi connectivity index (χ1v) is 11.9. The van der Waals surface area contributed by atoms with E-state index in [4.69, 9.17) is 0 Å². The molecule has 3 saturated carbocycles. The fourth-order valence-electron chi connectivity index (χ4n) is 7.05. The molecule has 0 N–H and O–H groups in total. The molecule has 0 bridgehead atoms. The maximum absolute atomic E-state index is 13.3. The van der Waals surface area contributed by atoms with E-state index in [1.165, 1.54) is 31.6 Å². The minimum Gasteiger partial charge on any atom is -0.280 e. The Balaban J connectivity index is 1.43. The van der Waals surface area contributed by atoms with Crippen LogP contribution in [0.1, 0.15) is 79.1 Å². The van der Waals surface area contributed by atoms with Crippen LogP contribution in [-0.2, 0) is 19.2 Å². The van der Waals surface area contributed by atoms with Crippen LogP contribution in [0.25, 0.3) is 0 Å². The quantitative estimate of drug-likeness (QED) is 0.647. The number of likely N-dealkylation sites (tertiary alicyclic amines) is 1. The summed E-state index contributed by atoms with van der Waals surface area (Å²) >= 11 is 0. The monoisotopic (exact) mass is 416 g/mol. The molecular weight excluding hydrogens is 380 g/mol. The number of imide groups is 2. The zero-order chi connectivity index (χ0) is 21.7. The summed E-state index contributed by atoms with van der Waals surface area (Å²) in [4.78, 5) is 53.2. The van der Waals surface area contributed by atoms with Crippen LogP contribution in [0.15, 0.2) is 0 Å². The summed E-state index contributed by atoms with van der Waals surface area (Å²) in [6, 6.07) is -0.190. The van der Waals surface area contributed by atoms with Crippen LogP contribution >= 0.6 is 0 Å². The van der Waals surface area contributed by atoms with Crippen LogP contribution < -0.4 is 0 Å². The van der Waals surface area contributed by atoms with Gasteiger partial charge in [0.25, 0.3) is 0 Å². The topological polar surface area (TPSA) is 74.8 Å². The molecule has 1 heterocycles. The van der Waals surface area contributed by atoms with E-state index in [0.29, 0.717) is 49.4 Å². The lowest BCUT2D eigenvalue weighted by atomic mass is 9.60. The third-order valence-electron chi connectivity index (χ3n) is 8.77. The second kappa shape index (κ2) is 8.08. The molecule has 6 heteroatoms. The van der Waals surface area contributed by atoms with Gasteiger partial charge in [-0.05, 0) is 75.0 Å². The van der Waals surface area contributed by atoms with Gasteiger partial charge in [0.05, 0.1) is 11.8 Å². The van der Waals surface area contributed by atoms with Gasteiger partial charge >= 0.3 is 0 Å². The average Bonchev–Trinajstić information content (AvgIpc) is 2.91. The number of amides is 4. The molecule has 0 aromatic heterocycles. The summed E-state index contributed by atoms with van der Waals surface area (Å²) in [5.41, 5.74) is 0. The van der Waals surface area contributed by atoms with Gasteiger partial charge in [-0.3, -0.25) is 29.0 Å². The van der Waals surface area contributed by atoms with E-state index in [-0.39, 0.29) is 47.5 Å². The molecule has 3 aliphatic carbocycles. The van der Waals surface area contributed by atoms with E-state index in [0.717, 1.165) is 12.8 Å². The predicted molar refractivity (Wildman–Crippen MR) is 112 cm³/mol. The van der Waals surface area contributed by atoms with Gasteiger partial charge in [0, 0.05) is 25.9 Å². The third-order valence-corrected chi connectivity index (χ3v) is 8.77. The SMILES string of the molecule is CC(=O)N(C(C)=O)C1CCC(N2C(=O)C3CC4CC(C)C(C)CC4CC3C2=O)CC1. The van der Waals surface area contributed by atoms with Crippen molar-refractivity contribution in [3.8, 4) is 0 Å². The van der Waals surface area contributed by atoms with E-state index in [2.05, 4.69) is 13.8 Å². The van der Waals surface area contributed by atoms with Crippen molar-refractivity contribution in [2.75, 3.05) is 0 Å². The molecule has 0 aromatic carbocycles. The molecule has 166 valence electrons. The van der Waals surface area contributed by atoms with Crippen LogP contribution in [0.3, 0.4) is 0 Å². The molecule has 4 amide bonds. The zero-order valence-electron chi connectivity index (χ0n) is 18.8. The average molecular weight is 417 g/mol. The first-order valence-electron chi connectivity index (χ1n) is 11.9. The number of hydrogen-bond acceptors (Lipinski definition) is 4. The number of fused-ring (bicyclic) bond motifs is 2. The lowest BCUT2D eigenvalue weighted by molar-refractivity contribution is -0.149. The molecule has 6 unspecified atom stereocenters. The molecule has 1 saturated heterocycles. The largest absolute Gasteiger partial charge is 0.280 e. The van der Waals surface area contributed by atoms with Crippen molar-refractivity contribution >= 4 is 23.6 Å². The van der Waals surface area contributed by atoms with Crippen molar-refractivity contribution in [2.24, 2.45) is 35.5 Å². The van der Waals surface area contributed by atoms with E-state index >= 15 is 0 Å². The van der Waals surface area contributed by atoms with Gasteiger partial charge in [-0.1, -0.05) is 13.8 Å². The molecule has 6 nitrogen and oxygen atoms in total. The van der Waals surface area contributed by atoms with Gasteiger partial charge in [0.1, 0.15) is 0 Å². The number of nitrogens with zero attached hydrogens (tertiary/aromatic N) is 2. The highest BCUT2D eigenvalue weighted by Crippen LogP contribution is 2.52. The number of rotatable bonds is 2. The van der Waals surface area contributed by atoms with Gasteiger partial charge in [-0.15, -0.1) is 0 Å². The fraction of sp³-hybridized carbons (Fsp3) is 0.833. The van der Waals surface area contributed by atoms with Gasteiger partial charge in [-0.25, -0.2) is 0 Å². The highest BCUT2D eigenvalue weighted by Gasteiger charge is 2.55. The minimum absolute atomic E-state index is 0.0492. The summed E-state index contributed by atoms with van der Waals surface area (Å²) in [5.74, 6) is 1.98. The van der Waals surface area contributed by atoms with Gasteiger partial charge < -0.3 is 0 Å². The molecule has 0 spiro atoms. The molecule has 4 aliphatic rings. The Bertz CT molecular complexity index is 691. The zero-order valence-corrected chi connectivity index (χ0v) is 18.8. The predicted octanol–water partition coefficient (Wildman–Crippen LogP) is 3.39.